The Bertz CT molecular complexity index is 461. The number of urea groups is 1. The van der Waals surface area contributed by atoms with E-state index in [1.54, 1.807) is 6.07 Å². The van der Waals surface area contributed by atoms with Crippen molar-refractivity contribution < 1.29 is 14.1 Å². The Hall–Kier alpha value is -1.60. The molecule has 1 aromatic heterocycles. The van der Waals surface area contributed by atoms with E-state index in [0.29, 0.717) is 18.3 Å². The summed E-state index contributed by atoms with van der Waals surface area (Å²) in [5, 5.41) is 6.49. The molecule has 1 atom stereocenters. The molecule has 21 heavy (non-hydrogen) atoms. The number of nitrogens with zero attached hydrogens (tertiary/aromatic N) is 3. The minimum atomic E-state index is -0.132. The van der Waals surface area contributed by atoms with E-state index in [0.717, 1.165) is 26.2 Å². The third-order valence-corrected chi connectivity index (χ3v) is 3.90. The molecule has 7 nitrogen and oxygen atoms in total. The van der Waals surface area contributed by atoms with Crippen LogP contribution in [0.1, 0.15) is 12.8 Å². The Kier molecular flexibility index (Phi) is 4.40. The van der Waals surface area contributed by atoms with Crippen LogP contribution in [0, 0.1) is 5.92 Å². The molecule has 1 aromatic rings. The van der Waals surface area contributed by atoms with Gasteiger partial charge in [0.2, 0.25) is 0 Å². The van der Waals surface area contributed by atoms with Crippen molar-refractivity contribution in [3.05, 3.63) is 12.3 Å². The van der Waals surface area contributed by atoms with Crippen LogP contribution >= 0.6 is 0 Å². The summed E-state index contributed by atoms with van der Waals surface area (Å²) in [6, 6.07) is 1.51. The number of hydrogen-bond acceptors (Lipinski definition) is 5. The van der Waals surface area contributed by atoms with Gasteiger partial charge in [0.05, 0.1) is 12.7 Å². The molecular weight excluding hydrogens is 272 g/mol. The maximum atomic E-state index is 12.4. The van der Waals surface area contributed by atoms with Crippen LogP contribution in [0.3, 0.4) is 0 Å². The summed E-state index contributed by atoms with van der Waals surface area (Å²) in [6.45, 7) is 3.93. The van der Waals surface area contributed by atoms with Gasteiger partial charge in [-0.15, -0.1) is 0 Å². The number of carbonyl (C=O) groups is 1. The van der Waals surface area contributed by atoms with E-state index >= 15 is 0 Å². The van der Waals surface area contributed by atoms with E-state index in [4.69, 9.17) is 9.26 Å². The number of hydrogen-bond donors (Lipinski definition) is 1. The van der Waals surface area contributed by atoms with Gasteiger partial charge in [0, 0.05) is 32.2 Å². The lowest BCUT2D eigenvalue weighted by Gasteiger charge is -2.33. The fourth-order valence-electron chi connectivity index (χ4n) is 2.54. The first kappa shape index (κ1) is 14.3. The lowest BCUT2D eigenvalue weighted by atomic mass is 10.2. The number of carbonyl (C=O) groups excluding carboxylic acids is 1. The van der Waals surface area contributed by atoms with E-state index in [1.807, 2.05) is 4.90 Å². The SMILES string of the molecule is CN1CCOC(CN(CC2CC2)C(=O)Nc2ccon2)C1. The highest BCUT2D eigenvalue weighted by Crippen LogP contribution is 2.30. The number of likely N-dealkylation sites (N-methyl/N-ethyl adjacent to an activating group) is 1. The van der Waals surface area contributed by atoms with E-state index in [-0.39, 0.29) is 12.1 Å². The fraction of sp³-hybridized carbons (Fsp3) is 0.714. The van der Waals surface area contributed by atoms with Crippen LogP contribution in [0.15, 0.2) is 16.9 Å². The van der Waals surface area contributed by atoms with Crippen molar-refractivity contribution in [1.29, 1.82) is 0 Å². The molecule has 2 fully saturated rings. The van der Waals surface area contributed by atoms with Gasteiger partial charge in [-0.25, -0.2) is 4.79 Å². The second kappa shape index (κ2) is 6.44. The van der Waals surface area contributed by atoms with Gasteiger partial charge in [-0.2, -0.15) is 0 Å². The average molecular weight is 294 g/mol. The van der Waals surface area contributed by atoms with Crippen LogP contribution in [0.25, 0.3) is 0 Å². The third kappa shape index (κ3) is 4.18. The number of ether oxygens (including phenoxy) is 1. The molecule has 3 rings (SSSR count). The number of nitrogens with one attached hydrogen (secondary N) is 1. The van der Waals surface area contributed by atoms with Gasteiger partial charge in [0.1, 0.15) is 6.26 Å². The maximum absolute atomic E-state index is 12.4. The lowest BCUT2D eigenvalue weighted by Crippen LogP contribution is -2.49. The molecule has 1 saturated carbocycles. The zero-order valence-corrected chi connectivity index (χ0v) is 12.3. The second-order valence-electron chi connectivity index (χ2n) is 5.92. The molecule has 1 aliphatic carbocycles. The van der Waals surface area contributed by atoms with Crippen molar-refractivity contribution in [1.82, 2.24) is 15.0 Å². The van der Waals surface area contributed by atoms with Crippen molar-refractivity contribution in [3.63, 3.8) is 0 Å². The summed E-state index contributed by atoms with van der Waals surface area (Å²) in [5.74, 6) is 1.08. The second-order valence-corrected chi connectivity index (χ2v) is 5.92. The van der Waals surface area contributed by atoms with Gasteiger partial charge in [-0.3, -0.25) is 5.32 Å². The highest BCUT2D eigenvalue weighted by atomic mass is 16.5. The smallest absolute Gasteiger partial charge is 0.323 e. The van der Waals surface area contributed by atoms with Crippen LogP contribution in [-0.2, 0) is 4.74 Å². The van der Waals surface area contributed by atoms with Crippen molar-refractivity contribution in [3.8, 4) is 0 Å². The molecule has 116 valence electrons. The molecule has 7 heteroatoms. The number of rotatable bonds is 5. The fourth-order valence-corrected chi connectivity index (χ4v) is 2.54. The standard InChI is InChI=1S/C14H22N4O3/c1-17-5-7-20-12(9-17)10-18(8-11-2-3-11)14(19)15-13-4-6-21-16-13/h4,6,11-12H,2-3,5,7-10H2,1H3,(H,15,16,19). The Morgan fingerprint density at radius 3 is 3.05 bits per heavy atom. The predicted octanol–water partition coefficient (Wildman–Crippen LogP) is 1.25. The van der Waals surface area contributed by atoms with Gasteiger partial charge >= 0.3 is 6.03 Å². The van der Waals surface area contributed by atoms with Gasteiger partial charge in [0.15, 0.2) is 5.82 Å². The minimum absolute atomic E-state index is 0.0746. The molecule has 0 aromatic carbocycles. The Morgan fingerprint density at radius 1 is 1.52 bits per heavy atom. The summed E-state index contributed by atoms with van der Waals surface area (Å²) in [6.07, 6.45) is 3.93. The first-order valence-electron chi connectivity index (χ1n) is 7.47. The largest absolute Gasteiger partial charge is 0.374 e. The zero-order valence-electron chi connectivity index (χ0n) is 12.3. The number of amides is 2. The maximum Gasteiger partial charge on any atom is 0.323 e. The van der Waals surface area contributed by atoms with Crippen LogP contribution in [0.2, 0.25) is 0 Å². The Balaban J connectivity index is 1.58. The topological polar surface area (TPSA) is 70.8 Å². The van der Waals surface area contributed by atoms with E-state index < -0.39 is 0 Å². The van der Waals surface area contributed by atoms with Crippen LogP contribution < -0.4 is 5.32 Å². The molecule has 2 aliphatic rings. The van der Waals surface area contributed by atoms with Gasteiger partial charge in [0.25, 0.3) is 0 Å². The minimum Gasteiger partial charge on any atom is -0.374 e. The zero-order chi connectivity index (χ0) is 14.7. The molecule has 0 spiro atoms. The third-order valence-electron chi connectivity index (χ3n) is 3.90. The van der Waals surface area contributed by atoms with Gasteiger partial charge < -0.3 is 19.1 Å². The normalized spacial score (nSPS) is 23.0. The Labute approximate surface area is 124 Å². The van der Waals surface area contributed by atoms with Crippen LogP contribution in [-0.4, -0.2) is 66.9 Å². The van der Waals surface area contributed by atoms with E-state index in [1.165, 1.54) is 19.1 Å². The van der Waals surface area contributed by atoms with Crippen molar-refractivity contribution >= 4 is 11.8 Å². The molecule has 1 saturated heterocycles. The monoisotopic (exact) mass is 294 g/mol. The Morgan fingerprint density at radius 2 is 2.38 bits per heavy atom. The van der Waals surface area contributed by atoms with Gasteiger partial charge in [-0.1, -0.05) is 5.16 Å². The van der Waals surface area contributed by atoms with Crippen molar-refractivity contribution in [2.24, 2.45) is 5.92 Å². The average Bonchev–Trinajstić information content (AvgIpc) is 3.13. The molecule has 1 unspecified atom stereocenters. The van der Waals surface area contributed by atoms with Crippen molar-refractivity contribution in [2.75, 3.05) is 45.2 Å². The summed E-state index contributed by atoms with van der Waals surface area (Å²) in [4.78, 5) is 16.5. The molecule has 0 bridgehead atoms. The van der Waals surface area contributed by atoms with Crippen molar-refractivity contribution in [2.45, 2.75) is 18.9 Å². The summed E-state index contributed by atoms with van der Waals surface area (Å²) in [5.41, 5.74) is 0. The summed E-state index contributed by atoms with van der Waals surface area (Å²) < 4.78 is 10.5. The predicted molar refractivity (Wildman–Crippen MR) is 77.1 cm³/mol. The van der Waals surface area contributed by atoms with Crippen LogP contribution in [0.4, 0.5) is 10.6 Å². The molecule has 2 heterocycles. The molecule has 1 aliphatic heterocycles. The first-order valence-corrected chi connectivity index (χ1v) is 7.47. The molecule has 0 radical (unpaired) electrons. The lowest BCUT2D eigenvalue weighted by molar-refractivity contribution is -0.0302. The number of aromatic nitrogens is 1. The first-order chi connectivity index (χ1) is 10.2. The van der Waals surface area contributed by atoms with Gasteiger partial charge in [-0.05, 0) is 25.8 Å². The van der Waals surface area contributed by atoms with Crippen LogP contribution in [0.5, 0.6) is 0 Å². The van der Waals surface area contributed by atoms with E-state index in [9.17, 15) is 4.79 Å². The van der Waals surface area contributed by atoms with E-state index in [2.05, 4.69) is 22.4 Å². The number of morpholine rings is 1. The summed E-state index contributed by atoms with van der Waals surface area (Å²) in [7, 11) is 2.08. The highest BCUT2D eigenvalue weighted by molar-refractivity contribution is 5.88. The molecular formula is C14H22N4O3. The quantitative estimate of drug-likeness (QED) is 0.885. The number of anilines is 1. The molecule has 2 amide bonds. The summed E-state index contributed by atoms with van der Waals surface area (Å²) >= 11 is 0. The molecule has 1 N–H and O–H groups in total. The highest BCUT2D eigenvalue weighted by Gasteiger charge is 2.30.